The molecule has 1 fully saturated rings. The molecule has 0 unspecified atom stereocenters. The van der Waals surface area contributed by atoms with Gasteiger partial charge in [-0.3, -0.25) is 4.99 Å². The van der Waals surface area contributed by atoms with Crippen LogP contribution in [-0.2, 0) is 0 Å². The lowest BCUT2D eigenvalue weighted by Gasteiger charge is -2.21. The number of rotatable bonds is 2. The van der Waals surface area contributed by atoms with E-state index in [0.29, 0.717) is 0 Å². The Balaban J connectivity index is 2.57. The molecule has 1 heterocycles. The quantitative estimate of drug-likeness (QED) is 0.431. The minimum absolute atomic E-state index is 0.906. The van der Waals surface area contributed by atoms with E-state index in [4.69, 9.17) is 0 Å². The van der Waals surface area contributed by atoms with Crippen molar-refractivity contribution in [1.82, 2.24) is 4.90 Å². The van der Waals surface area contributed by atoms with Crippen molar-refractivity contribution in [3.63, 3.8) is 0 Å². The molecule has 70 valence electrons. The van der Waals surface area contributed by atoms with Crippen molar-refractivity contribution in [3.05, 3.63) is 0 Å². The molecule has 0 bridgehead atoms. The molecule has 0 spiro atoms. The van der Waals surface area contributed by atoms with Crippen molar-refractivity contribution < 1.29 is 0 Å². The summed E-state index contributed by atoms with van der Waals surface area (Å²) in [5.74, 6) is 1.34. The highest BCUT2D eigenvalue weighted by Gasteiger charge is 2.11. The Bertz CT molecular complexity index is 157. The Morgan fingerprint density at radius 3 is 2.92 bits per heavy atom. The van der Waals surface area contributed by atoms with Gasteiger partial charge in [-0.15, -0.1) is 0 Å². The van der Waals surface area contributed by atoms with E-state index in [-0.39, 0.29) is 0 Å². The second-order valence-electron chi connectivity index (χ2n) is 3.08. The molecule has 3 heteroatoms. The molecular weight excluding hydrogens is 263 g/mol. The molecule has 2 nitrogen and oxygen atoms in total. The Labute approximate surface area is 88.6 Å². The van der Waals surface area contributed by atoms with E-state index in [2.05, 4.69) is 39.4 Å². The number of halogens is 1. The number of amidine groups is 1. The minimum Gasteiger partial charge on any atom is -0.361 e. The smallest absolute Gasteiger partial charge is 0.0998 e. The third kappa shape index (κ3) is 2.92. The highest BCUT2D eigenvalue weighted by atomic mass is 127. The normalized spacial score (nSPS) is 22.8. The summed E-state index contributed by atoms with van der Waals surface area (Å²) in [6.07, 6.45) is 5.23. The predicted molar refractivity (Wildman–Crippen MR) is 62.0 cm³/mol. The van der Waals surface area contributed by atoms with Crippen LogP contribution in [0, 0.1) is 0 Å². The second-order valence-corrected chi connectivity index (χ2v) is 3.77. The zero-order valence-corrected chi connectivity index (χ0v) is 9.88. The number of aliphatic imine (C=N–C) groups is 1. The first kappa shape index (κ1) is 10.3. The van der Waals surface area contributed by atoms with Gasteiger partial charge >= 0.3 is 0 Å². The van der Waals surface area contributed by atoms with Crippen molar-refractivity contribution in [2.75, 3.05) is 17.6 Å². The molecule has 0 aromatic carbocycles. The zero-order chi connectivity index (χ0) is 8.81. The molecule has 0 amide bonds. The molecule has 0 aromatic heterocycles. The van der Waals surface area contributed by atoms with Gasteiger partial charge in [-0.25, -0.2) is 0 Å². The van der Waals surface area contributed by atoms with Crippen LogP contribution < -0.4 is 0 Å². The van der Waals surface area contributed by atoms with Gasteiger partial charge in [0.1, 0.15) is 0 Å². The molecule has 0 N–H and O–H groups in total. The average Bonchev–Trinajstić information content (AvgIpc) is 2.30. The number of nitrogens with zero attached hydrogens (tertiary/aromatic N) is 2. The lowest BCUT2D eigenvalue weighted by molar-refractivity contribution is 0.435. The van der Waals surface area contributed by atoms with E-state index < -0.39 is 0 Å². The van der Waals surface area contributed by atoms with Crippen molar-refractivity contribution in [2.24, 2.45) is 4.99 Å². The maximum absolute atomic E-state index is 4.53. The van der Waals surface area contributed by atoms with Gasteiger partial charge in [0.25, 0.3) is 0 Å². The fourth-order valence-electron chi connectivity index (χ4n) is 1.64. The topological polar surface area (TPSA) is 15.6 Å². The van der Waals surface area contributed by atoms with Crippen molar-refractivity contribution >= 4 is 28.4 Å². The van der Waals surface area contributed by atoms with Crippen LogP contribution in [0.25, 0.3) is 0 Å². The molecule has 1 aliphatic rings. The summed E-state index contributed by atoms with van der Waals surface area (Å²) >= 11 is 2.31. The van der Waals surface area contributed by atoms with E-state index in [1.54, 1.807) is 0 Å². The van der Waals surface area contributed by atoms with Crippen LogP contribution >= 0.6 is 22.6 Å². The molecule has 0 radical (unpaired) electrons. The first-order valence-corrected chi connectivity index (χ1v) is 6.25. The molecule has 12 heavy (non-hydrogen) atoms. The largest absolute Gasteiger partial charge is 0.361 e. The predicted octanol–water partition coefficient (Wildman–Crippen LogP) is 2.67. The molecule has 1 aliphatic heterocycles. The summed E-state index contributed by atoms with van der Waals surface area (Å²) < 4.78 is 0.906. The zero-order valence-electron chi connectivity index (χ0n) is 7.72. The lowest BCUT2D eigenvalue weighted by atomic mass is 10.2. The number of hydrogen-bond donors (Lipinski definition) is 0. The SMILES string of the molecule is CCN1CCCCCC1=NCI. The standard InChI is InChI=1S/C9H17IN2/c1-2-12-7-5-3-4-6-9(12)11-8-10/h2-8H2,1H3. The maximum atomic E-state index is 4.53. The van der Waals surface area contributed by atoms with Crippen molar-refractivity contribution in [3.8, 4) is 0 Å². The van der Waals surface area contributed by atoms with Gasteiger partial charge in [0.15, 0.2) is 0 Å². The van der Waals surface area contributed by atoms with Crippen molar-refractivity contribution in [1.29, 1.82) is 0 Å². The van der Waals surface area contributed by atoms with Gasteiger partial charge in [-0.2, -0.15) is 0 Å². The first-order valence-electron chi connectivity index (χ1n) is 4.72. The third-order valence-corrected chi connectivity index (χ3v) is 2.66. The molecule has 0 aliphatic carbocycles. The number of likely N-dealkylation sites (tertiary alicyclic amines) is 1. The summed E-state index contributed by atoms with van der Waals surface area (Å²) in [7, 11) is 0. The van der Waals surface area contributed by atoms with Crippen molar-refractivity contribution in [2.45, 2.75) is 32.6 Å². The van der Waals surface area contributed by atoms with Crippen LogP contribution in [0.1, 0.15) is 32.6 Å². The molecule has 0 aromatic rings. The average molecular weight is 280 g/mol. The summed E-state index contributed by atoms with van der Waals surface area (Å²) in [5, 5.41) is 0. The van der Waals surface area contributed by atoms with E-state index in [9.17, 15) is 0 Å². The van der Waals surface area contributed by atoms with E-state index in [0.717, 1.165) is 11.1 Å². The van der Waals surface area contributed by atoms with Crippen LogP contribution in [0.4, 0.5) is 0 Å². The van der Waals surface area contributed by atoms with Gasteiger partial charge in [0.05, 0.1) is 10.4 Å². The Morgan fingerprint density at radius 2 is 2.25 bits per heavy atom. The Kier molecular flexibility index (Phi) is 4.95. The first-order chi connectivity index (χ1) is 5.88. The van der Waals surface area contributed by atoms with Crippen LogP contribution in [0.2, 0.25) is 0 Å². The number of hydrogen-bond acceptors (Lipinski definition) is 1. The fraction of sp³-hybridized carbons (Fsp3) is 0.889. The Hall–Kier alpha value is 0.200. The van der Waals surface area contributed by atoms with E-state index >= 15 is 0 Å². The highest BCUT2D eigenvalue weighted by Crippen LogP contribution is 2.12. The van der Waals surface area contributed by atoms with E-state index in [1.807, 2.05) is 0 Å². The summed E-state index contributed by atoms with van der Waals surface area (Å²) in [5.41, 5.74) is 0. The lowest BCUT2D eigenvalue weighted by Crippen LogP contribution is -2.30. The molecular formula is C9H17IN2. The molecule has 0 saturated carbocycles. The third-order valence-electron chi connectivity index (χ3n) is 2.32. The molecule has 0 atom stereocenters. The second kappa shape index (κ2) is 5.78. The summed E-state index contributed by atoms with van der Waals surface area (Å²) in [4.78, 5) is 6.95. The van der Waals surface area contributed by atoms with Gasteiger partial charge in [0.2, 0.25) is 0 Å². The van der Waals surface area contributed by atoms with Crippen LogP contribution in [-0.4, -0.2) is 28.4 Å². The van der Waals surface area contributed by atoms with Gasteiger partial charge in [-0.05, 0) is 19.8 Å². The number of alkyl halides is 1. The summed E-state index contributed by atoms with van der Waals surface area (Å²) in [6, 6.07) is 0. The van der Waals surface area contributed by atoms with Crippen LogP contribution in [0.3, 0.4) is 0 Å². The fourth-order valence-corrected chi connectivity index (χ4v) is 2.03. The minimum atomic E-state index is 0.906. The molecule has 1 saturated heterocycles. The maximum Gasteiger partial charge on any atom is 0.0998 e. The monoisotopic (exact) mass is 280 g/mol. The Morgan fingerprint density at radius 1 is 1.42 bits per heavy atom. The van der Waals surface area contributed by atoms with Gasteiger partial charge < -0.3 is 4.90 Å². The van der Waals surface area contributed by atoms with Gasteiger partial charge in [0, 0.05) is 19.5 Å². The van der Waals surface area contributed by atoms with E-state index in [1.165, 1.54) is 38.1 Å². The van der Waals surface area contributed by atoms with Gasteiger partial charge in [-0.1, -0.05) is 29.0 Å². The summed E-state index contributed by atoms with van der Waals surface area (Å²) in [6.45, 7) is 4.55. The molecule has 1 rings (SSSR count). The highest BCUT2D eigenvalue weighted by molar-refractivity contribution is 14.1. The van der Waals surface area contributed by atoms with Crippen LogP contribution in [0.5, 0.6) is 0 Å². The van der Waals surface area contributed by atoms with Crippen LogP contribution in [0.15, 0.2) is 4.99 Å².